The first kappa shape index (κ1) is 42.4. The lowest BCUT2D eigenvalue weighted by atomic mass is 10.0. The van der Waals surface area contributed by atoms with Crippen LogP contribution in [0, 0.1) is 13.8 Å². The largest absolute Gasteiger partial charge is 0.478 e. The number of carbonyl (C=O) groups excluding carboxylic acids is 3. The summed E-state index contributed by atoms with van der Waals surface area (Å²) in [7, 11) is 3.73. The van der Waals surface area contributed by atoms with Gasteiger partial charge < -0.3 is 30.3 Å². The number of para-hydroxylation sites is 4. The summed E-state index contributed by atoms with van der Waals surface area (Å²) < 4.78 is 8.85. The van der Waals surface area contributed by atoms with Gasteiger partial charge in [-0.3, -0.25) is 19.0 Å². The molecular weight excluding hydrogens is 785 g/mol. The van der Waals surface area contributed by atoms with Gasteiger partial charge >= 0.3 is 11.9 Å². The predicted octanol–water partition coefficient (Wildman–Crippen LogP) is 8.72. The number of carboxylic acid groups (broad SMARTS) is 1. The summed E-state index contributed by atoms with van der Waals surface area (Å²) in [6.07, 6.45) is 9.29. The summed E-state index contributed by atoms with van der Waals surface area (Å²) >= 11 is 0. The molecule has 8 rings (SSSR count). The number of aliphatic carboxylic acids is 1. The van der Waals surface area contributed by atoms with Crippen molar-refractivity contribution >= 4 is 70.3 Å². The molecule has 3 N–H and O–H groups in total. The number of nitrogens with zero attached hydrogens (tertiary/aromatic N) is 6. The van der Waals surface area contributed by atoms with Crippen LogP contribution >= 0.6 is 0 Å². The van der Waals surface area contributed by atoms with E-state index < -0.39 is 17.5 Å². The van der Waals surface area contributed by atoms with E-state index in [0.29, 0.717) is 24.2 Å². The molecule has 0 atom stereocenters. The van der Waals surface area contributed by atoms with Crippen molar-refractivity contribution in [3.8, 4) is 0 Å². The maximum Gasteiger partial charge on any atom is 0.331 e. The van der Waals surface area contributed by atoms with Crippen molar-refractivity contribution in [3.05, 3.63) is 154 Å². The Bertz CT molecular complexity index is 2770. The normalized spacial score (nSPS) is 13.0. The van der Waals surface area contributed by atoms with E-state index in [0.717, 1.165) is 73.8 Å². The van der Waals surface area contributed by atoms with Gasteiger partial charge in [-0.05, 0) is 118 Å². The summed E-state index contributed by atoms with van der Waals surface area (Å²) in [5, 5.41) is 24.2. The molecule has 0 fully saturated rings. The Labute approximate surface area is 359 Å². The van der Waals surface area contributed by atoms with Gasteiger partial charge in [0.05, 0.1) is 48.2 Å². The van der Waals surface area contributed by atoms with Gasteiger partial charge in [-0.25, -0.2) is 9.59 Å². The third kappa shape index (κ3) is 9.34. The highest BCUT2D eigenvalue weighted by atomic mass is 16.6. The van der Waals surface area contributed by atoms with E-state index in [2.05, 4.69) is 20.8 Å². The third-order valence-corrected chi connectivity index (χ3v) is 10.3. The Morgan fingerprint density at radius 2 is 1.10 bits per heavy atom. The predicted molar refractivity (Wildman–Crippen MR) is 241 cm³/mol. The van der Waals surface area contributed by atoms with Gasteiger partial charge in [0.1, 0.15) is 17.2 Å². The Morgan fingerprint density at radius 3 is 1.52 bits per heavy atom. The second-order valence-corrected chi connectivity index (χ2v) is 16.0. The van der Waals surface area contributed by atoms with E-state index in [9.17, 15) is 19.2 Å². The van der Waals surface area contributed by atoms with Gasteiger partial charge in [0, 0.05) is 48.5 Å². The Kier molecular flexibility index (Phi) is 11.9. The van der Waals surface area contributed by atoms with Crippen LogP contribution in [0.15, 0.2) is 109 Å². The Balaban J connectivity index is 0.000000188. The quantitative estimate of drug-likeness (QED) is 0.109. The number of aromatic nitrogens is 4. The Hall–Kier alpha value is -7.74. The van der Waals surface area contributed by atoms with Gasteiger partial charge in [-0.1, -0.05) is 36.4 Å². The number of benzene rings is 4. The SMILES string of the molecule is Cc1cc(C(=O)N2Cc3cnn(C)c3Nc3ccccc32)ccc1/C=C/C(=O)O.Cc1cc(C(=O)N2Cc3cnn(C)c3Nc3ccccc32)ccc1/C=C/C(=O)OC(C)(C)C. The number of rotatable bonds is 6. The summed E-state index contributed by atoms with van der Waals surface area (Å²) in [5.74, 6) is 0.0858. The monoisotopic (exact) mass is 832 g/mol. The molecule has 14 heteroatoms. The minimum atomic E-state index is -1.01. The van der Waals surface area contributed by atoms with Crippen LogP contribution in [0.1, 0.15) is 74.9 Å². The van der Waals surface area contributed by atoms with Gasteiger partial charge in [0.15, 0.2) is 0 Å². The van der Waals surface area contributed by atoms with Gasteiger partial charge in [0.2, 0.25) is 0 Å². The summed E-state index contributed by atoms with van der Waals surface area (Å²) in [6, 6.07) is 26.2. The highest BCUT2D eigenvalue weighted by molar-refractivity contribution is 6.09. The van der Waals surface area contributed by atoms with Crippen LogP contribution in [0.4, 0.5) is 34.4 Å². The standard InChI is InChI=1S/C26H28N4O3.C22H20N4O3/c1-17-14-19(11-10-18(17)12-13-23(31)33-26(2,3)4)25(32)30-16-20-15-27-29(5)24(20)28-21-8-6-7-9-22(21)30;1-14-11-16(8-7-15(14)9-10-20(27)28)22(29)26-13-17-12-23-25(2)21(17)24-18-5-3-4-6-19(18)26/h6-15,28H,16H2,1-5H3;3-12,24H,13H2,1-2H3,(H,27,28)/b13-12+;10-9+. The molecule has 2 aliphatic rings. The van der Waals surface area contributed by atoms with Gasteiger partial charge in [-0.2, -0.15) is 10.2 Å². The van der Waals surface area contributed by atoms with Crippen molar-refractivity contribution in [3.63, 3.8) is 0 Å². The van der Waals surface area contributed by atoms with Gasteiger partial charge in [0.25, 0.3) is 11.8 Å². The molecule has 14 nitrogen and oxygen atoms in total. The molecule has 0 aliphatic carbocycles. The number of carboxylic acids is 1. The minimum absolute atomic E-state index is 0.105. The summed E-state index contributed by atoms with van der Waals surface area (Å²) in [5.41, 5.74) is 9.06. The van der Waals surface area contributed by atoms with E-state index in [-0.39, 0.29) is 11.8 Å². The number of fused-ring (bicyclic) bond motifs is 4. The zero-order valence-corrected chi connectivity index (χ0v) is 35.6. The molecule has 62 heavy (non-hydrogen) atoms. The van der Waals surface area contributed by atoms with Crippen LogP contribution in [0.3, 0.4) is 0 Å². The lowest BCUT2D eigenvalue weighted by molar-refractivity contribution is -0.148. The molecule has 6 aromatic rings. The van der Waals surface area contributed by atoms with Crippen molar-refractivity contribution in [2.45, 2.75) is 53.3 Å². The molecule has 2 aliphatic heterocycles. The fourth-order valence-corrected chi connectivity index (χ4v) is 7.24. The molecule has 4 aromatic carbocycles. The van der Waals surface area contributed by atoms with Crippen molar-refractivity contribution in [2.24, 2.45) is 14.1 Å². The third-order valence-electron chi connectivity index (χ3n) is 10.3. The first-order valence-corrected chi connectivity index (χ1v) is 20.0. The molecule has 0 unspecified atom stereocenters. The fourth-order valence-electron chi connectivity index (χ4n) is 7.24. The minimum Gasteiger partial charge on any atom is -0.478 e. The van der Waals surface area contributed by atoms with Crippen LogP contribution in [-0.2, 0) is 41.5 Å². The zero-order valence-electron chi connectivity index (χ0n) is 35.6. The van der Waals surface area contributed by atoms with Crippen LogP contribution in [-0.4, -0.2) is 54.0 Å². The van der Waals surface area contributed by atoms with Crippen LogP contribution in [0.25, 0.3) is 12.2 Å². The highest BCUT2D eigenvalue weighted by Gasteiger charge is 2.28. The average Bonchev–Trinajstić information content (AvgIpc) is 3.62. The Morgan fingerprint density at radius 1 is 0.661 bits per heavy atom. The molecule has 0 spiro atoms. The van der Waals surface area contributed by atoms with E-state index in [1.165, 1.54) is 12.2 Å². The van der Waals surface area contributed by atoms with E-state index in [1.807, 2.05) is 109 Å². The zero-order chi connectivity index (χ0) is 44.3. The van der Waals surface area contributed by atoms with Gasteiger partial charge in [-0.15, -0.1) is 0 Å². The van der Waals surface area contributed by atoms with Crippen LogP contribution < -0.4 is 20.4 Å². The molecule has 0 radical (unpaired) electrons. The van der Waals surface area contributed by atoms with Crippen molar-refractivity contribution in [2.75, 3.05) is 20.4 Å². The smallest absolute Gasteiger partial charge is 0.331 e. The second-order valence-electron chi connectivity index (χ2n) is 16.0. The molecule has 4 heterocycles. The lowest BCUT2D eigenvalue weighted by Gasteiger charge is -2.23. The first-order valence-electron chi connectivity index (χ1n) is 20.0. The number of hydrogen-bond acceptors (Lipinski definition) is 9. The van der Waals surface area contributed by atoms with E-state index >= 15 is 0 Å². The maximum absolute atomic E-state index is 13.6. The molecule has 2 aromatic heterocycles. The van der Waals surface area contributed by atoms with Crippen molar-refractivity contribution in [1.82, 2.24) is 19.6 Å². The highest BCUT2D eigenvalue weighted by Crippen LogP contribution is 2.38. The maximum atomic E-state index is 13.6. The second kappa shape index (κ2) is 17.5. The molecular formula is C48H48N8O6. The van der Waals surface area contributed by atoms with Crippen LogP contribution in [0.2, 0.25) is 0 Å². The van der Waals surface area contributed by atoms with E-state index in [4.69, 9.17) is 9.84 Å². The number of anilines is 6. The lowest BCUT2D eigenvalue weighted by Crippen LogP contribution is -2.30. The average molecular weight is 833 g/mol. The van der Waals surface area contributed by atoms with Crippen molar-refractivity contribution < 1.29 is 29.0 Å². The fraction of sp³-hybridized carbons (Fsp3) is 0.208. The number of hydrogen-bond donors (Lipinski definition) is 3. The van der Waals surface area contributed by atoms with E-state index in [1.54, 1.807) is 61.9 Å². The number of aryl methyl sites for hydroxylation is 4. The molecule has 2 amide bonds. The molecule has 316 valence electrons. The first-order chi connectivity index (χ1) is 29.6. The summed E-state index contributed by atoms with van der Waals surface area (Å²) in [4.78, 5) is 53.3. The molecule has 0 bridgehead atoms. The number of esters is 1. The number of carbonyl (C=O) groups is 4. The number of nitrogens with one attached hydrogen (secondary N) is 2. The van der Waals surface area contributed by atoms with Crippen molar-refractivity contribution in [1.29, 1.82) is 0 Å². The molecule has 0 saturated heterocycles. The molecule has 0 saturated carbocycles. The number of amides is 2. The summed E-state index contributed by atoms with van der Waals surface area (Å²) in [6.45, 7) is 10.1. The number of ether oxygens (including phenoxy) is 1. The topological polar surface area (TPSA) is 164 Å². The van der Waals surface area contributed by atoms with Crippen LogP contribution in [0.5, 0.6) is 0 Å².